The van der Waals surface area contributed by atoms with Gasteiger partial charge in [-0.3, -0.25) is 4.79 Å². The van der Waals surface area contributed by atoms with Gasteiger partial charge in [0.1, 0.15) is 11.6 Å². The van der Waals surface area contributed by atoms with Gasteiger partial charge in [0.25, 0.3) is 5.56 Å². The average Bonchev–Trinajstić information content (AvgIpc) is 2.73. The first-order valence-electron chi connectivity index (χ1n) is 8.61. The number of ether oxygens (including phenoxy) is 1. The number of rotatable bonds is 5. The minimum atomic E-state index is -0.616. The van der Waals surface area contributed by atoms with Crippen molar-refractivity contribution in [2.24, 2.45) is 0 Å². The fourth-order valence-corrected chi connectivity index (χ4v) is 3.14. The molecule has 0 bridgehead atoms. The first-order chi connectivity index (χ1) is 13.5. The topological polar surface area (TPSA) is 72.1 Å². The Labute approximate surface area is 167 Å². The first-order valence-corrected chi connectivity index (χ1v) is 8.98. The Bertz CT molecular complexity index is 1100. The third-order valence-electron chi connectivity index (χ3n) is 4.41. The van der Waals surface area contributed by atoms with Crippen molar-refractivity contribution in [3.8, 4) is 17.2 Å². The number of aryl methyl sites for hydroxylation is 2. The van der Waals surface area contributed by atoms with Crippen molar-refractivity contribution in [2.75, 3.05) is 7.11 Å². The molecule has 0 saturated carbocycles. The van der Waals surface area contributed by atoms with Crippen LogP contribution < -0.4 is 5.56 Å². The number of hydrogen-bond donors (Lipinski definition) is 0. The Hall–Kier alpha value is -3.36. The summed E-state index contributed by atoms with van der Waals surface area (Å²) in [4.78, 5) is 25.3. The highest BCUT2D eigenvalue weighted by Gasteiger charge is 2.22. The molecule has 0 fully saturated rings. The van der Waals surface area contributed by atoms with Crippen LogP contribution in [0.25, 0.3) is 11.1 Å². The lowest BCUT2D eigenvalue weighted by atomic mass is 9.96. The highest BCUT2D eigenvalue weighted by atomic mass is 35.5. The van der Waals surface area contributed by atoms with Gasteiger partial charge in [-0.1, -0.05) is 54.1 Å². The Morgan fingerprint density at radius 3 is 2.43 bits per heavy atom. The van der Waals surface area contributed by atoms with Crippen LogP contribution in [-0.4, -0.2) is 17.6 Å². The second-order valence-electron chi connectivity index (χ2n) is 6.14. The van der Waals surface area contributed by atoms with Gasteiger partial charge in [0.2, 0.25) is 0 Å². The Balaban J connectivity index is 2.14. The second-order valence-corrected chi connectivity index (χ2v) is 6.57. The van der Waals surface area contributed by atoms with Gasteiger partial charge in [-0.05, 0) is 29.7 Å². The maximum Gasteiger partial charge on any atom is 0.340 e. The molecule has 1 aromatic heterocycles. The third kappa shape index (κ3) is 3.98. The van der Waals surface area contributed by atoms with E-state index in [0.29, 0.717) is 23.6 Å². The molecular weight excluding hydrogens is 376 g/mol. The number of hydrogen-bond acceptors (Lipinski definition) is 4. The van der Waals surface area contributed by atoms with E-state index in [0.717, 1.165) is 5.56 Å². The minimum Gasteiger partial charge on any atom is -0.465 e. The van der Waals surface area contributed by atoms with Gasteiger partial charge < -0.3 is 9.30 Å². The van der Waals surface area contributed by atoms with Gasteiger partial charge in [0.15, 0.2) is 0 Å². The number of nitriles is 1. The molecule has 0 aliphatic heterocycles. The van der Waals surface area contributed by atoms with Gasteiger partial charge in [-0.25, -0.2) is 4.79 Å². The molecule has 140 valence electrons. The zero-order valence-corrected chi connectivity index (χ0v) is 15.9. The molecule has 28 heavy (non-hydrogen) atoms. The van der Waals surface area contributed by atoms with Crippen LogP contribution in [0.2, 0.25) is 5.02 Å². The van der Waals surface area contributed by atoms with Crippen molar-refractivity contribution < 1.29 is 9.53 Å². The molecule has 0 unspecified atom stereocenters. The molecule has 2 aromatic carbocycles. The molecular formula is C22H17ClN2O3. The van der Waals surface area contributed by atoms with Gasteiger partial charge >= 0.3 is 5.97 Å². The van der Waals surface area contributed by atoms with Gasteiger partial charge in [-0.2, -0.15) is 5.26 Å². The highest BCUT2D eigenvalue weighted by Crippen LogP contribution is 2.27. The molecule has 6 heteroatoms. The largest absolute Gasteiger partial charge is 0.465 e. The molecule has 0 aliphatic rings. The van der Waals surface area contributed by atoms with E-state index >= 15 is 0 Å². The summed E-state index contributed by atoms with van der Waals surface area (Å²) in [5, 5.41) is 10.2. The molecule has 3 rings (SSSR count). The third-order valence-corrected chi connectivity index (χ3v) is 4.67. The maximum absolute atomic E-state index is 12.9. The molecule has 3 aromatic rings. The zero-order valence-electron chi connectivity index (χ0n) is 15.2. The van der Waals surface area contributed by atoms with Crippen LogP contribution in [0.5, 0.6) is 0 Å². The molecule has 0 spiro atoms. The van der Waals surface area contributed by atoms with Crippen molar-refractivity contribution in [3.63, 3.8) is 0 Å². The minimum absolute atomic E-state index is 0.0988. The zero-order chi connectivity index (χ0) is 20.1. The van der Waals surface area contributed by atoms with Crippen molar-refractivity contribution in [2.45, 2.75) is 13.0 Å². The SMILES string of the molecule is COC(=O)c1cn(CCc2ccccc2)c(=O)c(C#N)c1-c1ccc(Cl)cc1. The van der Waals surface area contributed by atoms with E-state index in [-0.39, 0.29) is 16.7 Å². The number of esters is 1. The van der Waals surface area contributed by atoms with Crippen LogP contribution in [0.1, 0.15) is 21.5 Å². The predicted molar refractivity (Wildman–Crippen MR) is 107 cm³/mol. The maximum atomic E-state index is 12.9. The lowest BCUT2D eigenvalue weighted by Gasteiger charge is -2.14. The fourth-order valence-electron chi connectivity index (χ4n) is 3.01. The van der Waals surface area contributed by atoms with Crippen molar-refractivity contribution in [1.82, 2.24) is 4.57 Å². The Morgan fingerprint density at radius 1 is 1.14 bits per heavy atom. The molecule has 1 heterocycles. The lowest BCUT2D eigenvalue weighted by molar-refractivity contribution is 0.0600. The molecule has 0 saturated heterocycles. The summed E-state index contributed by atoms with van der Waals surface area (Å²) < 4.78 is 6.28. The smallest absolute Gasteiger partial charge is 0.340 e. The van der Waals surface area contributed by atoms with Crippen LogP contribution in [0.15, 0.2) is 65.6 Å². The van der Waals surface area contributed by atoms with Crippen LogP contribution in [0.4, 0.5) is 0 Å². The van der Waals surface area contributed by atoms with Gasteiger partial charge in [0.05, 0.1) is 12.7 Å². The number of benzene rings is 2. The number of nitrogens with zero attached hydrogens (tertiary/aromatic N) is 2. The summed E-state index contributed by atoms with van der Waals surface area (Å²) in [6.45, 7) is 0.336. The lowest BCUT2D eigenvalue weighted by Crippen LogP contribution is -2.26. The van der Waals surface area contributed by atoms with E-state index in [1.165, 1.54) is 17.9 Å². The van der Waals surface area contributed by atoms with Crippen LogP contribution in [0, 0.1) is 11.3 Å². The predicted octanol–water partition coefficient (Wildman–Crippen LogP) is 4.07. The molecule has 0 amide bonds. The normalized spacial score (nSPS) is 10.3. The molecule has 0 radical (unpaired) electrons. The Kier molecular flexibility index (Phi) is 5.93. The summed E-state index contributed by atoms with van der Waals surface area (Å²) in [6, 6.07) is 18.2. The van der Waals surface area contributed by atoms with E-state index in [1.807, 2.05) is 36.4 Å². The number of pyridine rings is 1. The number of halogens is 1. The van der Waals surface area contributed by atoms with Gasteiger partial charge in [0, 0.05) is 23.3 Å². The second kappa shape index (κ2) is 8.55. The van der Waals surface area contributed by atoms with E-state index in [1.54, 1.807) is 24.3 Å². The summed E-state index contributed by atoms with van der Waals surface area (Å²) in [7, 11) is 1.26. The summed E-state index contributed by atoms with van der Waals surface area (Å²) in [5.41, 5.74) is 1.47. The van der Waals surface area contributed by atoms with Crippen LogP contribution in [-0.2, 0) is 17.7 Å². The number of aromatic nitrogens is 1. The average molecular weight is 393 g/mol. The molecule has 0 atom stereocenters. The molecule has 0 aliphatic carbocycles. The van der Waals surface area contributed by atoms with Crippen molar-refractivity contribution in [1.29, 1.82) is 5.26 Å². The van der Waals surface area contributed by atoms with Gasteiger partial charge in [-0.15, -0.1) is 0 Å². The standard InChI is InChI=1S/C22H17ClN2O3/c1-28-22(27)19-14-25(12-11-15-5-3-2-4-6-15)21(26)18(13-24)20(19)16-7-9-17(23)10-8-16/h2-10,14H,11-12H2,1H3. The fraction of sp³-hybridized carbons (Fsp3) is 0.136. The van der Waals surface area contributed by atoms with E-state index in [4.69, 9.17) is 16.3 Å². The van der Waals surface area contributed by atoms with E-state index < -0.39 is 11.5 Å². The van der Waals surface area contributed by atoms with E-state index in [9.17, 15) is 14.9 Å². The number of carbonyl (C=O) groups is 1. The summed E-state index contributed by atoms with van der Waals surface area (Å²) in [5.74, 6) is -0.616. The molecule has 0 N–H and O–H groups in total. The quantitative estimate of drug-likeness (QED) is 0.613. The highest BCUT2D eigenvalue weighted by molar-refractivity contribution is 6.30. The summed E-state index contributed by atoms with van der Waals surface area (Å²) in [6.07, 6.45) is 2.05. The van der Waals surface area contributed by atoms with Crippen LogP contribution >= 0.6 is 11.6 Å². The monoisotopic (exact) mass is 392 g/mol. The number of carbonyl (C=O) groups excluding carboxylic acids is 1. The van der Waals surface area contributed by atoms with Crippen molar-refractivity contribution in [3.05, 3.63) is 92.9 Å². The van der Waals surface area contributed by atoms with Crippen LogP contribution in [0.3, 0.4) is 0 Å². The Morgan fingerprint density at radius 2 is 1.82 bits per heavy atom. The first kappa shape index (κ1) is 19.4. The molecule has 5 nitrogen and oxygen atoms in total. The summed E-state index contributed by atoms with van der Waals surface area (Å²) >= 11 is 5.94. The van der Waals surface area contributed by atoms with Crippen molar-refractivity contribution >= 4 is 17.6 Å². The van der Waals surface area contributed by atoms with E-state index in [2.05, 4.69) is 0 Å². The number of methoxy groups -OCH3 is 1.